The molecule has 1 atom stereocenters. The maximum atomic E-state index is 11.6. The first-order valence-corrected chi connectivity index (χ1v) is 7.45. The van der Waals surface area contributed by atoms with E-state index in [9.17, 15) is 13.5 Å². The van der Waals surface area contributed by atoms with E-state index < -0.39 is 16.1 Å². The van der Waals surface area contributed by atoms with Crippen molar-refractivity contribution >= 4 is 27.7 Å². The summed E-state index contributed by atoms with van der Waals surface area (Å²) >= 11 is 5.72. The number of rotatable bonds is 7. The monoisotopic (exact) mass is 305 g/mol. The Kier molecular flexibility index (Phi) is 6.47. The smallest absolute Gasteiger partial charge is 0.233 e. The third-order valence-electron chi connectivity index (χ3n) is 2.19. The molecule has 0 aliphatic carbocycles. The third-order valence-corrected chi connectivity index (χ3v) is 3.50. The summed E-state index contributed by atoms with van der Waals surface area (Å²) in [5.74, 6) is 0. The highest BCUT2D eigenvalue weighted by atomic mass is 35.5. The summed E-state index contributed by atoms with van der Waals surface area (Å²) in [7, 11) is -2.15. The molecule has 1 rings (SSSR count). The van der Waals surface area contributed by atoms with Crippen molar-refractivity contribution < 1.29 is 18.3 Å². The molecule has 0 radical (unpaired) electrons. The van der Waals surface area contributed by atoms with Gasteiger partial charge in [-0.2, -0.15) is 0 Å². The summed E-state index contributed by atoms with van der Waals surface area (Å²) in [5.41, 5.74) is 0.715. The first-order chi connectivity index (χ1) is 8.93. The normalized spacial score (nSPS) is 13.8. The highest BCUT2D eigenvalue weighted by Crippen LogP contribution is 2.11. The summed E-state index contributed by atoms with van der Waals surface area (Å²) in [6, 6.07) is 6.75. The highest BCUT2D eigenvalue weighted by molar-refractivity contribution is 7.92. The van der Waals surface area contributed by atoms with E-state index in [1.54, 1.807) is 24.3 Å². The zero-order chi connectivity index (χ0) is 14.3. The summed E-state index contributed by atoms with van der Waals surface area (Å²) in [6.45, 7) is -0.0233. The van der Waals surface area contributed by atoms with Gasteiger partial charge in [-0.05, 0) is 23.8 Å². The quantitative estimate of drug-likeness (QED) is 0.794. The average molecular weight is 306 g/mol. The van der Waals surface area contributed by atoms with E-state index >= 15 is 0 Å². The Morgan fingerprint density at radius 1 is 1.42 bits per heavy atom. The summed E-state index contributed by atoms with van der Waals surface area (Å²) in [6.07, 6.45) is 0.574. The Balaban J connectivity index is 2.56. The van der Waals surface area contributed by atoms with Crippen molar-refractivity contribution in [1.29, 1.82) is 0 Å². The number of hydrogen-bond acceptors (Lipinski definition) is 4. The molecule has 0 fully saturated rings. The first kappa shape index (κ1) is 16.1. The van der Waals surface area contributed by atoms with Crippen molar-refractivity contribution in [2.24, 2.45) is 0 Å². The van der Waals surface area contributed by atoms with Gasteiger partial charge >= 0.3 is 0 Å². The van der Waals surface area contributed by atoms with Crippen molar-refractivity contribution in [3.8, 4) is 0 Å². The van der Waals surface area contributed by atoms with Gasteiger partial charge in [0, 0.05) is 24.1 Å². The first-order valence-electron chi connectivity index (χ1n) is 5.53. The van der Waals surface area contributed by atoms with Crippen LogP contribution in [0.5, 0.6) is 0 Å². The van der Waals surface area contributed by atoms with E-state index in [4.69, 9.17) is 16.3 Å². The van der Waals surface area contributed by atoms with E-state index in [-0.39, 0.29) is 13.2 Å². The number of aliphatic hydroxyl groups excluding tert-OH is 1. The zero-order valence-electron chi connectivity index (χ0n) is 10.4. The SMILES string of the molecule is COCC(O)CNS(=O)(=O)C=Cc1ccc(Cl)cc1. The minimum atomic E-state index is -3.58. The van der Waals surface area contributed by atoms with Gasteiger partial charge in [0.25, 0.3) is 0 Å². The maximum Gasteiger partial charge on any atom is 0.233 e. The fourth-order valence-corrected chi connectivity index (χ4v) is 2.24. The van der Waals surface area contributed by atoms with Crippen molar-refractivity contribution in [3.63, 3.8) is 0 Å². The van der Waals surface area contributed by atoms with Crippen LogP contribution in [0.2, 0.25) is 5.02 Å². The van der Waals surface area contributed by atoms with Gasteiger partial charge in [-0.1, -0.05) is 23.7 Å². The van der Waals surface area contributed by atoms with Crippen LogP contribution in [0.25, 0.3) is 6.08 Å². The lowest BCUT2D eigenvalue weighted by atomic mass is 10.2. The molecule has 1 unspecified atom stereocenters. The number of benzene rings is 1. The van der Waals surface area contributed by atoms with E-state index in [1.807, 2.05) is 0 Å². The van der Waals surface area contributed by atoms with Crippen LogP contribution in [0.1, 0.15) is 5.56 Å². The number of halogens is 1. The van der Waals surface area contributed by atoms with Crippen LogP contribution in [-0.4, -0.2) is 39.9 Å². The predicted molar refractivity (Wildman–Crippen MR) is 75.3 cm³/mol. The molecule has 0 amide bonds. The molecule has 0 aliphatic rings. The fourth-order valence-electron chi connectivity index (χ4n) is 1.25. The van der Waals surface area contributed by atoms with E-state index in [1.165, 1.54) is 13.2 Å². The second kappa shape index (κ2) is 7.62. The topological polar surface area (TPSA) is 75.6 Å². The molecular formula is C12H16ClNO4S. The van der Waals surface area contributed by atoms with Gasteiger partial charge in [0.15, 0.2) is 0 Å². The summed E-state index contributed by atoms with van der Waals surface area (Å²) in [4.78, 5) is 0. The predicted octanol–water partition coefficient (Wildman–Crippen LogP) is 1.24. The summed E-state index contributed by atoms with van der Waals surface area (Å²) in [5, 5.41) is 11.0. The second-order valence-corrected chi connectivity index (χ2v) is 5.94. The molecule has 0 saturated carbocycles. The Morgan fingerprint density at radius 2 is 2.05 bits per heavy atom. The van der Waals surface area contributed by atoms with E-state index in [0.29, 0.717) is 10.6 Å². The van der Waals surface area contributed by atoms with Crippen molar-refractivity contribution in [1.82, 2.24) is 4.72 Å². The van der Waals surface area contributed by atoms with Crippen LogP contribution in [0, 0.1) is 0 Å². The van der Waals surface area contributed by atoms with Gasteiger partial charge in [-0.25, -0.2) is 13.1 Å². The highest BCUT2D eigenvalue weighted by Gasteiger charge is 2.09. The molecule has 0 spiro atoms. The minimum Gasteiger partial charge on any atom is -0.389 e. The van der Waals surface area contributed by atoms with Crippen LogP contribution < -0.4 is 4.72 Å². The molecule has 7 heteroatoms. The molecule has 0 aromatic heterocycles. The van der Waals surface area contributed by atoms with Crippen molar-refractivity contribution in [3.05, 3.63) is 40.3 Å². The van der Waals surface area contributed by atoms with E-state index in [2.05, 4.69) is 4.72 Å². The largest absolute Gasteiger partial charge is 0.389 e. The molecule has 0 bridgehead atoms. The van der Waals surface area contributed by atoms with Gasteiger partial charge in [0.05, 0.1) is 12.7 Å². The Labute approximate surface area is 117 Å². The lowest BCUT2D eigenvalue weighted by Gasteiger charge is -2.09. The van der Waals surface area contributed by atoms with Gasteiger partial charge in [0.1, 0.15) is 0 Å². The lowest BCUT2D eigenvalue weighted by Crippen LogP contribution is -2.33. The molecule has 0 heterocycles. The molecule has 1 aromatic rings. The van der Waals surface area contributed by atoms with Crippen LogP contribution in [0.4, 0.5) is 0 Å². The van der Waals surface area contributed by atoms with Gasteiger partial charge in [-0.15, -0.1) is 0 Å². The lowest BCUT2D eigenvalue weighted by molar-refractivity contribution is 0.0680. The molecular weight excluding hydrogens is 290 g/mol. The van der Waals surface area contributed by atoms with Crippen LogP contribution in [0.15, 0.2) is 29.7 Å². The minimum absolute atomic E-state index is 0.0728. The van der Waals surface area contributed by atoms with Gasteiger partial charge in [-0.3, -0.25) is 0 Å². The van der Waals surface area contributed by atoms with Gasteiger partial charge < -0.3 is 9.84 Å². The molecule has 5 nitrogen and oxygen atoms in total. The van der Waals surface area contributed by atoms with Crippen molar-refractivity contribution in [2.45, 2.75) is 6.10 Å². The second-order valence-electron chi connectivity index (χ2n) is 3.86. The third kappa shape index (κ3) is 6.70. The Hall–Kier alpha value is -0.920. The number of sulfonamides is 1. The zero-order valence-corrected chi connectivity index (χ0v) is 12.0. The molecule has 106 valence electrons. The fraction of sp³-hybridized carbons (Fsp3) is 0.333. The maximum absolute atomic E-state index is 11.6. The number of ether oxygens (including phenoxy) is 1. The van der Waals surface area contributed by atoms with Crippen LogP contribution in [-0.2, 0) is 14.8 Å². The molecule has 1 aromatic carbocycles. The number of hydrogen-bond donors (Lipinski definition) is 2. The Morgan fingerprint density at radius 3 is 2.63 bits per heavy atom. The standard InChI is InChI=1S/C12H16ClNO4S/c1-18-9-12(15)8-14-19(16,17)7-6-10-2-4-11(13)5-3-10/h2-7,12,14-15H,8-9H2,1H3. The van der Waals surface area contributed by atoms with Crippen LogP contribution >= 0.6 is 11.6 Å². The number of methoxy groups -OCH3 is 1. The average Bonchev–Trinajstić information content (AvgIpc) is 2.36. The Bertz CT molecular complexity index is 513. The molecule has 0 aliphatic heterocycles. The summed E-state index contributed by atoms with van der Waals surface area (Å²) < 4.78 is 30.2. The molecule has 0 saturated heterocycles. The molecule has 2 N–H and O–H groups in total. The van der Waals surface area contributed by atoms with Crippen molar-refractivity contribution in [2.75, 3.05) is 20.3 Å². The van der Waals surface area contributed by atoms with E-state index in [0.717, 1.165) is 5.41 Å². The van der Waals surface area contributed by atoms with Crippen LogP contribution in [0.3, 0.4) is 0 Å². The van der Waals surface area contributed by atoms with Gasteiger partial charge in [0.2, 0.25) is 10.0 Å². The number of nitrogens with one attached hydrogen (secondary N) is 1. The molecule has 19 heavy (non-hydrogen) atoms. The number of aliphatic hydroxyl groups is 1.